The van der Waals surface area contributed by atoms with Crippen molar-refractivity contribution in [1.82, 2.24) is 20.4 Å². The molecule has 2 heterocycles. The molecule has 0 unspecified atom stereocenters. The Kier molecular flexibility index (Phi) is 0.717. The summed E-state index contributed by atoms with van der Waals surface area (Å²) in [5.74, 6) is 0. The molecule has 2 aromatic heterocycles. The summed E-state index contributed by atoms with van der Waals surface area (Å²) in [5, 5.41) is 10.2. The van der Waals surface area contributed by atoms with E-state index in [1.807, 2.05) is 0 Å². The van der Waals surface area contributed by atoms with Gasteiger partial charge in [0.25, 0.3) is 0 Å². The lowest BCUT2D eigenvalue weighted by Gasteiger charge is -1.75. The molecular weight excluding hydrogens is 120 g/mol. The Bertz CT molecular complexity index is 287. The fraction of sp³-hybridized carbons (Fsp3) is 0. The van der Waals surface area contributed by atoms with Gasteiger partial charge in [-0.1, -0.05) is 0 Å². The van der Waals surface area contributed by atoms with Gasteiger partial charge < -0.3 is 4.42 Å². The molecule has 2 rings (SSSR count). The Labute approximate surface area is 49.7 Å². The van der Waals surface area contributed by atoms with Crippen molar-refractivity contribution in [3.8, 4) is 0 Å². The maximum absolute atomic E-state index is 4.79. The van der Waals surface area contributed by atoms with Gasteiger partial charge in [0.15, 0.2) is 12.6 Å². The molecule has 0 N–H and O–H groups in total. The van der Waals surface area contributed by atoms with E-state index in [9.17, 15) is 0 Å². The van der Waals surface area contributed by atoms with Gasteiger partial charge in [-0.3, -0.25) is 0 Å². The van der Waals surface area contributed by atoms with E-state index in [2.05, 4.69) is 26.6 Å². The second-order valence-corrected chi connectivity index (χ2v) is 1.41. The molecule has 0 aromatic carbocycles. The Morgan fingerprint density at radius 3 is 3.44 bits per heavy atom. The normalized spacial score (nSPS) is 10.2. The summed E-state index contributed by atoms with van der Waals surface area (Å²) in [6, 6.07) is 0. The van der Waals surface area contributed by atoms with E-state index in [0.717, 1.165) is 0 Å². The molecule has 5 nitrogen and oxygen atoms in total. The lowest BCUT2D eigenvalue weighted by atomic mass is 10.6. The Morgan fingerprint density at radius 1 is 1.56 bits per heavy atom. The van der Waals surface area contributed by atoms with Crippen LogP contribution in [0.4, 0.5) is 0 Å². The average molecular weight is 121 g/mol. The highest BCUT2D eigenvalue weighted by molar-refractivity contribution is 5.63. The molecule has 0 fully saturated rings. The summed E-state index contributed by atoms with van der Waals surface area (Å²) in [5.41, 5.74) is 0.870. The number of oxazole rings is 1. The Balaban J connectivity index is 2.95. The van der Waals surface area contributed by atoms with Crippen LogP contribution in [0.25, 0.3) is 11.2 Å². The van der Waals surface area contributed by atoms with Crippen molar-refractivity contribution >= 4 is 11.2 Å². The van der Waals surface area contributed by atoms with Gasteiger partial charge in [-0.25, -0.2) is 0 Å². The van der Waals surface area contributed by atoms with Gasteiger partial charge in [0, 0.05) is 0 Å². The molecule has 0 aliphatic carbocycles. The third-order valence-corrected chi connectivity index (χ3v) is 0.884. The summed E-state index contributed by atoms with van der Waals surface area (Å²) < 4.78 is 4.79. The summed E-state index contributed by atoms with van der Waals surface area (Å²) in [6.45, 7) is 0. The van der Waals surface area contributed by atoms with E-state index in [0.29, 0.717) is 11.2 Å². The standard InChI is InChI=1S/C4HN4O/c1-3-4(5-2-9-3)7-8-6-1/h2H. The highest BCUT2D eigenvalue weighted by atomic mass is 16.3. The van der Waals surface area contributed by atoms with Crippen LogP contribution < -0.4 is 0 Å². The molecule has 0 saturated carbocycles. The summed E-state index contributed by atoms with van der Waals surface area (Å²) in [4.78, 5) is 3.71. The van der Waals surface area contributed by atoms with Gasteiger partial charge in [0.2, 0.25) is 11.2 Å². The van der Waals surface area contributed by atoms with E-state index in [-0.39, 0.29) is 0 Å². The van der Waals surface area contributed by atoms with Crippen LogP contribution in [0.5, 0.6) is 0 Å². The topological polar surface area (TPSA) is 64.7 Å². The smallest absolute Gasteiger partial charge is 0.224 e. The molecule has 1 radical (unpaired) electrons. The van der Waals surface area contributed by atoms with E-state index >= 15 is 0 Å². The quantitative estimate of drug-likeness (QED) is 0.483. The summed E-state index contributed by atoms with van der Waals surface area (Å²) >= 11 is 0. The summed E-state index contributed by atoms with van der Waals surface area (Å²) in [7, 11) is 0. The first-order valence-electron chi connectivity index (χ1n) is 2.27. The van der Waals surface area contributed by atoms with Crippen LogP contribution in [-0.2, 0) is 0 Å². The number of hydrogen-bond donors (Lipinski definition) is 0. The van der Waals surface area contributed by atoms with Crippen molar-refractivity contribution in [2.24, 2.45) is 0 Å². The monoisotopic (exact) mass is 121 g/mol. The zero-order valence-corrected chi connectivity index (χ0v) is 4.27. The van der Waals surface area contributed by atoms with Crippen LogP contribution in [0.2, 0.25) is 0 Å². The number of rotatable bonds is 0. The lowest BCUT2D eigenvalue weighted by molar-refractivity contribution is 0.598. The molecule has 0 saturated heterocycles. The van der Waals surface area contributed by atoms with E-state index in [1.165, 1.54) is 6.39 Å². The van der Waals surface area contributed by atoms with Crippen LogP contribution in [0.1, 0.15) is 0 Å². The summed E-state index contributed by atoms with van der Waals surface area (Å²) in [6.07, 6.45) is 3.75. The first-order chi connectivity index (χ1) is 4.47. The van der Waals surface area contributed by atoms with Crippen molar-refractivity contribution in [3.05, 3.63) is 12.6 Å². The third kappa shape index (κ3) is 0.543. The van der Waals surface area contributed by atoms with Crippen molar-refractivity contribution in [2.45, 2.75) is 0 Å². The first kappa shape index (κ1) is 4.37. The lowest BCUT2D eigenvalue weighted by Crippen LogP contribution is -1.84. The Hall–Kier alpha value is -1.52. The molecule has 0 bridgehead atoms. The van der Waals surface area contributed by atoms with Crippen molar-refractivity contribution < 1.29 is 4.42 Å². The predicted molar refractivity (Wildman–Crippen MR) is 26.2 cm³/mol. The molecular formula is C4HN4O. The minimum Gasteiger partial charge on any atom is -0.439 e. The van der Waals surface area contributed by atoms with E-state index in [1.54, 1.807) is 0 Å². The molecule has 43 valence electrons. The SMILES string of the molecule is [c]1nnnc2ncoc12. The molecule has 0 aliphatic rings. The van der Waals surface area contributed by atoms with Crippen LogP contribution in [0, 0.1) is 6.20 Å². The molecule has 0 aliphatic heterocycles. The fourth-order valence-electron chi connectivity index (χ4n) is 0.520. The minimum atomic E-state index is 0.435. The third-order valence-electron chi connectivity index (χ3n) is 0.884. The average Bonchev–Trinajstić information content (AvgIpc) is 2.33. The molecule has 0 atom stereocenters. The molecule has 5 heteroatoms. The maximum Gasteiger partial charge on any atom is 0.224 e. The van der Waals surface area contributed by atoms with Gasteiger partial charge in [-0.05, 0) is 5.21 Å². The van der Waals surface area contributed by atoms with Gasteiger partial charge in [0.05, 0.1) is 0 Å². The second kappa shape index (κ2) is 1.48. The van der Waals surface area contributed by atoms with Gasteiger partial charge >= 0.3 is 0 Å². The van der Waals surface area contributed by atoms with Crippen molar-refractivity contribution in [2.75, 3.05) is 0 Å². The Morgan fingerprint density at radius 2 is 2.56 bits per heavy atom. The van der Waals surface area contributed by atoms with Crippen LogP contribution in [-0.4, -0.2) is 20.4 Å². The second-order valence-electron chi connectivity index (χ2n) is 1.41. The van der Waals surface area contributed by atoms with Gasteiger partial charge in [0.1, 0.15) is 0 Å². The van der Waals surface area contributed by atoms with Gasteiger partial charge in [-0.2, -0.15) is 4.98 Å². The predicted octanol–water partition coefficient (Wildman–Crippen LogP) is -0.187. The molecule has 0 amide bonds. The maximum atomic E-state index is 4.79. The number of nitrogens with zero attached hydrogens (tertiary/aromatic N) is 4. The van der Waals surface area contributed by atoms with Gasteiger partial charge in [-0.15, -0.1) is 10.2 Å². The fourth-order valence-corrected chi connectivity index (χ4v) is 0.520. The molecule has 0 spiro atoms. The largest absolute Gasteiger partial charge is 0.439 e. The number of hydrogen-bond acceptors (Lipinski definition) is 5. The zero-order chi connectivity index (χ0) is 6.10. The number of aromatic nitrogens is 4. The van der Waals surface area contributed by atoms with E-state index < -0.39 is 0 Å². The first-order valence-corrected chi connectivity index (χ1v) is 2.27. The van der Waals surface area contributed by atoms with Crippen LogP contribution in [0.15, 0.2) is 10.8 Å². The van der Waals surface area contributed by atoms with E-state index in [4.69, 9.17) is 4.42 Å². The van der Waals surface area contributed by atoms with Crippen molar-refractivity contribution in [1.29, 1.82) is 0 Å². The van der Waals surface area contributed by atoms with Crippen molar-refractivity contribution in [3.63, 3.8) is 0 Å². The highest BCUT2D eigenvalue weighted by Crippen LogP contribution is 2.01. The highest BCUT2D eigenvalue weighted by Gasteiger charge is 1.96. The molecule has 9 heavy (non-hydrogen) atoms. The minimum absolute atomic E-state index is 0.435. The van der Waals surface area contributed by atoms with Crippen LogP contribution in [0.3, 0.4) is 0 Å². The van der Waals surface area contributed by atoms with Crippen LogP contribution >= 0.6 is 0 Å². The zero-order valence-electron chi connectivity index (χ0n) is 4.27. The molecule has 2 aromatic rings. The number of fused-ring (bicyclic) bond motifs is 1.